The molecule has 68 valence electrons. The van der Waals surface area contributed by atoms with Crippen LogP contribution in [0.5, 0.6) is 0 Å². The summed E-state index contributed by atoms with van der Waals surface area (Å²) in [5.41, 5.74) is 3.50. The standard InChI is InChI=1S/C10H13N3/c1-11-6-4-8-7-13-9-3-2-5-12-10(8)9/h2-3,5,7,11,13H,4,6H2,1H3. The Labute approximate surface area is 77.2 Å². The molecular weight excluding hydrogens is 162 g/mol. The van der Waals surface area contributed by atoms with Gasteiger partial charge in [-0.2, -0.15) is 0 Å². The summed E-state index contributed by atoms with van der Waals surface area (Å²) in [5.74, 6) is 0. The second-order valence-corrected chi connectivity index (χ2v) is 3.07. The van der Waals surface area contributed by atoms with Crippen molar-refractivity contribution in [3.05, 3.63) is 30.1 Å². The van der Waals surface area contributed by atoms with Crippen LogP contribution in [-0.4, -0.2) is 23.6 Å². The number of hydrogen-bond acceptors (Lipinski definition) is 2. The van der Waals surface area contributed by atoms with Crippen LogP contribution in [0.1, 0.15) is 5.56 Å². The summed E-state index contributed by atoms with van der Waals surface area (Å²) < 4.78 is 0. The highest BCUT2D eigenvalue weighted by molar-refractivity contribution is 5.78. The van der Waals surface area contributed by atoms with Crippen molar-refractivity contribution in [1.82, 2.24) is 15.3 Å². The Bertz CT molecular complexity index is 392. The monoisotopic (exact) mass is 175 g/mol. The average Bonchev–Trinajstić information content (AvgIpc) is 2.58. The maximum Gasteiger partial charge on any atom is 0.0911 e. The van der Waals surface area contributed by atoms with E-state index in [0.717, 1.165) is 24.0 Å². The molecule has 0 atom stereocenters. The highest BCUT2D eigenvalue weighted by Gasteiger charge is 2.02. The molecule has 2 aromatic rings. The van der Waals surface area contributed by atoms with Gasteiger partial charge in [-0.15, -0.1) is 0 Å². The molecule has 2 heterocycles. The normalized spacial score (nSPS) is 10.8. The Hall–Kier alpha value is -1.35. The average molecular weight is 175 g/mol. The molecule has 2 aromatic heterocycles. The van der Waals surface area contributed by atoms with Gasteiger partial charge in [0.25, 0.3) is 0 Å². The zero-order chi connectivity index (χ0) is 9.10. The maximum absolute atomic E-state index is 4.34. The van der Waals surface area contributed by atoms with Gasteiger partial charge >= 0.3 is 0 Å². The number of pyridine rings is 1. The Balaban J connectivity index is 2.35. The van der Waals surface area contributed by atoms with Crippen LogP contribution in [0.3, 0.4) is 0 Å². The quantitative estimate of drug-likeness (QED) is 0.738. The van der Waals surface area contributed by atoms with Crippen molar-refractivity contribution in [3.63, 3.8) is 0 Å². The Morgan fingerprint density at radius 2 is 2.46 bits per heavy atom. The van der Waals surface area contributed by atoms with Gasteiger partial charge in [0.1, 0.15) is 0 Å². The summed E-state index contributed by atoms with van der Waals surface area (Å²) in [7, 11) is 1.96. The lowest BCUT2D eigenvalue weighted by atomic mass is 10.2. The van der Waals surface area contributed by atoms with Gasteiger partial charge in [0, 0.05) is 12.4 Å². The highest BCUT2D eigenvalue weighted by Crippen LogP contribution is 2.14. The fourth-order valence-corrected chi connectivity index (χ4v) is 1.46. The van der Waals surface area contributed by atoms with Crippen LogP contribution >= 0.6 is 0 Å². The summed E-state index contributed by atoms with van der Waals surface area (Å²) in [6, 6.07) is 3.99. The van der Waals surface area contributed by atoms with Crippen LogP contribution < -0.4 is 5.32 Å². The first-order valence-electron chi connectivity index (χ1n) is 4.47. The zero-order valence-electron chi connectivity index (χ0n) is 7.67. The molecule has 0 aromatic carbocycles. The fourth-order valence-electron chi connectivity index (χ4n) is 1.46. The minimum Gasteiger partial charge on any atom is -0.360 e. The number of fused-ring (bicyclic) bond motifs is 1. The van der Waals surface area contributed by atoms with Crippen molar-refractivity contribution in [1.29, 1.82) is 0 Å². The number of nitrogens with one attached hydrogen (secondary N) is 2. The lowest BCUT2D eigenvalue weighted by Crippen LogP contribution is -2.09. The number of rotatable bonds is 3. The molecule has 0 saturated carbocycles. The molecule has 0 amide bonds. The maximum atomic E-state index is 4.34. The van der Waals surface area contributed by atoms with Gasteiger partial charge in [0.15, 0.2) is 0 Å². The van der Waals surface area contributed by atoms with Crippen LogP contribution in [-0.2, 0) is 6.42 Å². The van der Waals surface area contributed by atoms with E-state index in [1.165, 1.54) is 5.56 Å². The first-order chi connectivity index (χ1) is 6.42. The predicted molar refractivity (Wildman–Crippen MR) is 53.7 cm³/mol. The Kier molecular flexibility index (Phi) is 2.27. The number of likely N-dealkylation sites (N-methyl/N-ethyl adjacent to an activating group) is 1. The third-order valence-corrected chi connectivity index (χ3v) is 2.16. The molecule has 2 N–H and O–H groups in total. The van der Waals surface area contributed by atoms with Gasteiger partial charge in [-0.1, -0.05) is 0 Å². The molecule has 0 radical (unpaired) electrons. The van der Waals surface area contributed by atoms with Gasteiger partial charge in [-0.3, -0.25) is 4.98 Å². The molecule has 13 heavy (non-hydrogen) atoms. The molecule has 0 unspecified atom stereocenters. The number of nitrogens with zero attached hydrogens (tertiary/aromatic N) is 1. The second kappa shape index (κ2) is 3.58. The molecular formula is C10H13N3. The van der Waals surface area contributed by atoms with E-state index in [1.807, 2.05) is 31.6 Å². The molecule has 0 aliphatic rings. The van der Waals surface area contributed by atoms with Crippen LogP contribution in [0.25, 0.3) is 11.0 Å². The fraction of sp³-hybridized carbons (Fsp3) is 0.300. The van der Waals surface area contributed by atoms with E-state index in [1.54, 1.807) is 0 Å². The summed E-state index contributed by atoms with van der Waals surface area (Å²) in [5, 5.41) is 3.13. The topological polar surface area (TPSA) is 40.7 Å². The van der Waals surface area contributed by atoms with Gasteiger partial charge in [0.05, 0.1) is 11.0 Å². The van der Waals surface area contributed by atoms with Crippen LogP contribution in [0.2, 0.25) is 0 Å². The molecule has 2 rings (SSSR count). The van der Waals surface area contributed by atoms with Gasteiger partial charge < -0.3 is 10.3 Å². The molecule has 0 spiro atoms. The molecule has 0 fully saturated rings. The predicted octanol–water partition coefficient (Wildman–Crippen LogP) is 1.32. The lowest BCUT2D eigenvalue weighted by molar-refractivity contribution is 0.794. The van der Waals surface area contributed by atoms with Crippen molar-refractivity contribution in [2.24, 2.45) is 0 Å². The summed E-state index contributed by atoms with van der Waals surface area (Å²) in [4.78, 5) is 7.54. The first-order valence-corrected chi connectivity index (χ1v) is 4.47. The highest BCUT2D eigenvalue weighted by atomic mass is 14.8. The molecule has 3 nitrogen and oxygen atoms in total. The van der Waals surface area contributed by atoms with Crippen LogP contribution in [0.4, 0.5) is 0 Å². The number of hydrogen-bond donors (Lipinski definition) is 2. The van der Waals surface area contributed by atoms with Crippen LogP contribution in [0, 0.1) is 0 Å². The van der Waals surface area contributed by atoms with E-state index in [4.69, 9.17) is 0 Å². The number of aromatic nitrogens is 2. The summed E-state index contributed by atoms with van der Waals surface area (Å²) >= 11 is 0. The minimum atomic E-state index is 0.990. The first kappa shape index (κ1) is 8.26. The molecule has 0 saturated heterocycles. The van der Waals surface area contributed by atoms with E-state index >= 15 is 0 Å². The van der Waals surface area contributed by atoms with Crippen LogP contribution in [0.15, 0.2) is 24.5 Å². The summed E-state index contributed by atoms with van der Waals surface area (Å²) in [6.07, 6.45) is 4.89. The van der Waals surface area contributed by atoms with Gasteiger partial charge in [-0.25, -0.2) is 0 Å². The van der Waals surface area contributed by atoms with Gasteiger partial charge in [0.2, 0.25) is 0 Å². The van der Waals surface area contributed by atoms with E-state index in [2.05, 4.69) is 15.3 Å². The second-order valence-electron chi connectivity index (χ2n) is 3.07. The smallest absolute Gasteiger partial charge is 0.0911 e. The molecule has 0 aliphatic heterocycles. The Morgan fingerprint density at radius 3 is 3.31 bits per heavy atom. The number of aromatic amines is 1. The van der Waals surface area contributed by atoms with Crippen molar-refractivity contribution < 1.29 is 0 Å². The number of H-pyrrole nitrogens is 1. The SMILES string of the molecule is CNCCc1c[nH]c2cccnc12. The third-order valence-electron chi connectivity index (χ3n) is 2.16. The largest absolute Gasteiger partial charge is 0.360 e. The van der Waals surface area contributed by atoms with Crippen molar-refractivity contribution in [2.75, 3.05) is 13.6 Å². The Morgan fingerprint density at radius 1 is 1.54 bits per heavy atom. The zero-order valence-corrected chi connectivity index (χ0v) is 7.67. The summed E-state index contributed by atoms with van der Waals surface area (Å²) in [6.45, 7) is 0.990. The minimum absolute atomic E-state index is 0.990. The molecule has 0 aliphatic carbocycles. The van der Waals surface area contributed by atoms with E-state index in [9.17, 15) is 0 Å². The van der Waals surface area contributed by atoms with E-state index in [0.29, 0.717) is 0 Å². The van der Waals surface area contributed by atoms with E-state index < -0.39 is 0 Å². The van der Waals surface area contributed by atoms with Crippen molar-refractivity contribution in [3.8, 4) is 0 Å². The lowest BCUT2D eigenvalue weighted by Gasteiger charge is -1.96. The molecule has 0 bridgehead atoms. The molecule has 3 heteroatoms. The van der Waals surface area contributed by atoms with Crippen molar-refractivity contribution in [2.45, 2.75) is 6.42 Å². The van der Waals surface area contributed by atoms with E-state index in [-0.39, 0.29) is 0 Å². The third kappa shape index (κ3) is 1.55. The van der Waals surface area contributed by atoms with Crippen molar-refractivity contribution >= 4 is 11.0 Å². The van der Waals surface area contributed by atoms with Gasteiger partial charge in [-0.05, 0) is 37.7 Å².